The number of alkyl halides is 1. The summed E-state index contributed by atoms with van der Waals surface area (Å²) in [4.78, 5) is 14.4. The second-order valence-electron chi connectivity index (χ2n) is 4.82. The lowest BCUT2D eigenvalue weighted by atomic mass is 10.2. The van der Waals surface area contributed by atoms with Gasteiger partial charge in [0.15, 0.2) is 5.69 Å². The number of carbonyl (C=O) groups excluding carboxylic acids is 1. The fourth-order valence-corrected chi connectivity index (χ4v) is 2.83. The van der Waals surface area contributed by atoms with Crippen LogP contribution in [0.3, 0.4) is 0 Å². The quantitative estimate of drug-likeness (QED) is 0.778. The molecule has 0 radical (unpaired) electrons. The normalized spacial score (nSPS) is 15.7. The Hall–Kier alpha value is -1.23. The third-order valence-corrected chi connectivity index (χ3v) is 3.79. The van der Waals surface area contributed by atoms with Crippen LogP contribution in [0.4, 0.5) is 0 Å². The molecule has 1 heterocycles. The maximum Gasteiger partial charge on any atom is 0.274 e. The number of aromatic nitrogens is 2. The highest BCUT2D eigenvalue weighted by molar-refractivity contribution is 6.18. The van der Waals surface area contributed by atoms with Gasteiger partial charge in [0.05, 0.1) is 7.11 Å². The van der Waals surface area contributed by atoms with Gasteiger partial charge in [0.2, 0.25) is 5.88 Å². The minimum Gasteiger partial charge on any atom is -0.481 e. The van der Waals surface area contributed by atoms with Gasteiger partial charge < -0.3 is 9.64 Å². The highest BCUT2D eigenvalue weighted by Gasteiger charge is 2.28. The Morgan fingerprint density at radius 2 is 2.26 bits per heavy atom. The first kappa shape index (κ1) is 14.2. The van der Waals surface area contributed by atoms with Gasteiger partial charge in [0.1, 0.15) is 0 Å². The molecule has 0 unspecified atom stereocenters. The third kappa shape index (κ3) is 3.03. The van der Waals surface area contributed by atoms with Crippen LogP contribution in [-0.4, -0.2) is 46.2 Å². The van der Waals surface area contributed by atoms with Gasteiger partial charge in [-0.2, -0.15) is 5.10 Å². The number of aryl methyl sites for hydroxylation is 1. The summed E-state index contributed by atoms with van der Waals surface area (Å²) in [7, 11) is 3.33. The van der Waals surface area contributed by atoms with Gasteiger partial charge in [0, 0.05) is 31.6 Å². The average Bonchev–Trinajstić information content (AvgIpc) is 3.04. The standard InChI is InChI=1S/C13H20ClN3O2/c1-16-12(19-2)9-11(15-16)13(18)17(8-7-14)10-5-3-4-6-10/h9-10H,3-8H2,1-2H3. The number of amides is 1. The van der Waals surface area contributed by atoms with Crippen LogP contribution in [0, 0.1) is 0 Å². The number of nitrogens with zero attached hydrogens (tertiary/aromatic N) is 3. The maximum absolute atomic E-state index is 12.5. The van der Waals surface area contributed by atoms with Gasteiger partial charge in [-0.15, -0.1) is 11.6 Å². The van der Waals surface area contributed by atoms with E-state index in [0.717, 1.165) is 12.8 Å². The molecule has 1 aliphatic rings. The monoisotopic (exact) mass is 285 g/mol. The summed E-state index contributed by atoms with van der Waals surface area (Å²) in [5.74, 6) is 0.985. The zero-order valence-corrected chi connectivity index (χ0v) is 12.2. The lowest BCUT2D eigenvalue weighted by molar-refractivity contribution is 0.0688. The summed E-state index contributed by atoms with van der Waals surface area (Å²) >= 11 is 5.83. The largest absolute Gasteiger partial charge is 0.481 e. The molecule has 0 spiro atoms. The van der Waals surface area contributed by atoms with Crippen molar-refractivity contribution in [1.29, 1.82) is 0 Å². The molecule has 0 saturated heterocycles. The number of hydrogen-bond donors (Lipinski definition) is 0. The summed E-state index contributed by atoms with van der Waals surface area (Å²) in [6.07, 6.45) is 4.49. The van der Waals surface area contributed by atoms with Crippen LogP contribution in [-0.2, 0) is 7.05 Å². The molecule has 1 amide bonds. The third-order valence-electron chi connectivity index (χ3n) is 3.62. The van der Waals surface area contributed by atoms with Crippen molar-refractivity contribution in [3.05, 3.63) is 11.8 Å². The number of rotatable bonds is 5. The highest BCUT2D eigenvalue weighted by atomic mass is 35.5. The van der Waals surface area contributed by atoms with Crippen molar-refractivity contribution in [2.75, 3.05) is 19.5 Å². The predicted molar refractivity (Wildman–Crippen MR) is 73.8 cm³/mol. The first-order valence-electron chi connectivity index (χ1n) is 6.62. The van der Waals surface area contributed by atoms with E-state index in [9.17, 15) is 4.79 Å². The molecule has 0 bridgehead atoms. The van der Waals surface area contributed by atoms with Gasteiger partial charge in [0.25, 0.3) is 5.91 Å². The molecule has 1 fully saturated rings. The van der Waals surface area contributed by atoms with Crippen molar-refractivity contribution < 1.29 is 9.53 Å². The Kier molecular flexibility index (Phi) is 4.69. The number of ether oxygens (including phenoxy) is 1. The second kappa shape index (κ2) is 6.28. The Morgan fingerprint density at radius 3 is 2.79 bits per heavy atom. The number of halogens is 1. The minimum atomic E-state index is -0.0496. The van der Waals surface area contributed by atoms with Crippen molar-refractivity contribution in [2.45, 2.75) is 31.7 Å². The van der Waals surface area contributed by atoms with Crippen LogP contribution in [0.5, 0.6) is 5.88 Å². The SMILES string of the molecule is COc1cc(C(=O)N(CCCl)C2CCCC2)nn1C. The smallest absolute Gasteiger partial charge is 0.274 e. The topological polar surface area (TPSA) is 47.4 Å². The fraction of sp³-hybridized carbons (Fsp3) is 0.692. The zero-order chi connectivity index (χ0) is 13.8. The fourth-order valence-electron chi connectivity index (χ4n) is 2.65. The van der Waals surface area contributed by atoms with E-state index in [2.05, 4.69) is 5.10 Å². The van der Waals surface area contributed by atoms with E-state index in [1.807, 2.05) is 4.90 Å². The molecule has 106 valence electrons. The molecule has 0 atom stereocenters. The lowest BCUT2D eigenvalue weighted by Gasteiger charge is -2.27. The molecule has 0 aromatic carbocycles. The Bertz CT molecular complexity index is 441. The van der Waals surface area contributed by atoms with E-state index in [4.69, 9.17) is 16.3 Å². The molecule has 0 aliphatic heterocycles. The van der Waals surface area contributed by atoms with Crippen LogP contribution in [0.15, 0.2) is 6.07 Å². The first-order valence-corrected chi connectivity index (χ1v) is 7.15. The summed E-state index contributed by atoms with van der Waals surface area (Å²) in [6, 6.07) is 1.98. The minimum absolute atomic E-state index is 0.0496. The summed E-state index contributed by atoms with van der Waals surface area (Å²) < 4.78 is 6.71. The second-order valence-corrected chi connectivity index (χ2v) is 5.20. The molecule has 0 N–H and O–H groups in total. The van der Waals surface area contributed by atoms with Gasteiger partial charge in [-0.05, 0) is 12.8 Å². The van der Waals surface area contributed by atoms with Gasteiger partial charge in [-0.25, -0.2) is 4.68 Å². The molecule has 1 aromatic rings. The maximum atomic E-state index is 12.5. The number of methoxy groups -OCH3 is 1. The molecule has 5 nitrogen and oxygen atoms in total. The molecular formula is C13H20ClN3O2. The van der Waals surface area contributed by atoms with E-state index in [0.29, 0.717) is 30.0 Å². The molecule has 6 heteroatoms. The van der Waals surface area contributed by atoms with Crippen LogP contribution in [0.1, 0.15) is 36.2 Å². The lowest BCUT2D eigenvalue weighted by Crippen LogP contribution is -2.40. The van der Waals surface area contributed by atoms with Crippen molar-refractivity contribution >= 4 is 17.5 Å². The molecule has 1 saturated carbocycles. The van der Waals surface area contributed by atoms with Gasteiger partial charge in [-0.1, -0.05) is 12.8 Å². The van der Waals surface area contributed by atoms with E-state index in [-0.39, 0.29) is 5.91 Å². The first-order chi connectivity index (χ1) is 9.17. The highest BCUT2D eigenvalue weighted by Crippen LogP contribution is 2.25. The zero-order valence-electron chi connectivity index (χ0n) is 11.4. The summed E-state index contributed by atoms with van der Waals surface area (Å²) in [6.45, 7) is 0.573. The van der Waals surface area contributed by atoms with E-state index in [1.165, 1.54) is 12.8 Å². The van der Waals surface area contributed by atoms with Crippen LogP contribution >= 0.6 is 11.6 Å². The Morgan fingerprint density at radius 1 is 1.58 bits per heavy atom. The Balaban J connectivity index is 2.17. The van der Waals surface area contributed by atoms with E-state index >= 15 is 0 Å². The van der Waals surface area contributed by atoms with Crippen LogP contribution < -0.4 is 4.74 Å². The van der Waals surface area contributed by atoms with Gasteiger partial charge in [-0.3, -0.25) is 4.79 Å². The van der Waals surface area contributed by atoms with Crippen LogP contribution in [0.2, 0.25) is 0 Å². The van der Waals surface area contributed by atoms with Crippen molar-refractivity contribution in [2.24, 2.45) is 7.05 Å². The molecular weight excluding hydrogens is 266 g/mol. The molecule has 19 heavy (non-hydrogen) atoms. The predicted octanol–water partition coefficient (Wildman–Crippen LogP) is 2.05. The van der Waals surface area contributed by atoms with Crippen molar-refractivity contribution in [3.63, 3.8) is 0 Å². The molecule has 1 aliphatic carbocycles. The van der Waals surface area contributed by atoms with Crippen LogP contribution in [0.25, 0.3) is 0 Å². The number of carbonyl (C=O) groups is 1. The average molecular weight is 286 g/mol. The van der Waals surface area contributed by atoms with E-state index in [1.54, 1.807) is 24.9 Å². The summed E-state index contributed by atoms with van der Waals surface area (Å²) in [5, 5.41) is 4.21. The molecule has 1 aromatic heterocycles. The Labute approximate surface area is 118 Å². The molecule has 2 rings (SSSR count). The summed E-state index contributed by atoms with van der Waals surface area (Å²) in [5.41, 5.74) is 0.427. The van der Waals surface area contributed by atoms with Crippen molar-refractivity contribution in [1.82, 2.24) is 14.7 Å². The number of hydrogen-bond acceptors (Lipinski definition) is 3. The van der Waals surface area contributed by atoms with Crippen molar-refractivity contribution in [3.8, 4) is 5.88 Å². The van der Waals surface area contributed by atoms with Gasteiger partial charge >= 0.3 is 0 Å². The van der Waals surface area contributed by atoms with E-state index < -0.39 is 0 Å².